The standard InChI is InChI=1S/C22H25ClFIN6O3S/c23-16-11-14(25)5-6-18(16)28-19-13-17(24)20(12-15(19)21-29-30-22(26)34-21)35(32,33)27-7-4-10-31-8-2-1-3-9-31/h5-6,11-13,27-28H,1-4,7-10H2,(H2,26,30). The highest BCUT2D eigenvalue weighted by Gasteiger charge is 2.24. The average molecular weight is 635 g/mol. The maximum atomic E-state index is 15.1. The van der Waals surface area contributed by atoms with Crippen molar-refractivity contribution in [1.29, 1.82) is 0 Å². The van der Waals surface area contributed by atoms with Gasteiger partial charge in [0.1, 0.15) is 10.7 Å². The van der Waals surface area contributed by atoms with Crippen molar-refractivity contribution in [2.24, 2.45) is 0 Å². The Hall–Kier alpha value is -2.00. The number of piperidine rings is 1. The number of hydrogen-bond donors (Lipinski definition) is 3. The van der Waals surface area contributed by atoms with Crippen molar-refractivity contribution in [3.05, 3.63) is 44.7 Å². The second-order valence-electron chi connectivity index (χ2n) is 8.18. The van der Waals surface area contributed by atoms with E-state index in [-0.39, 0.29) is 29.7 Å². The summed E-state index contributed by atoms with van der Waals surface area (Å²) in [6.07, 6.45) is 4.18. The largest absolute Gasteiger partial charge is 0.403 e. The molecule has 2 heterocycles. The minimum Gasteiger partial charge on any atom is -0.403 e. The molecule has 3 aromatic rings. The summed E-state index contributed by atoms with van der Waals surface area (Å²) in [6, 6.07) is 7.29. The minimum atomic E-state index is -4.14. The first kappa shape index (κ1) is 26.1. The number of aromatic nitrogens is 2. The zero-order valence-electron chi connectivity index (χ0n) is 18.7. The fourth-order valence-electron chi connectivity index (χ4n) is 3.89. The molecule has 1 aromatic heterocycles. The fourth-order valence-corrected chi connectivity index (χ4v) is 5.95. The zero-order chi connectivity index (χ0) is 25.0. The van der Waals surface area contributed by atoms with Crippen molar-refractivity contribution < 1.29 is 17.2 Å². The molecule has 2 aromatic carbocycles. The van der Waals surface area contributed by atoms with Crippen LogP contribution in [0.5, 0.6) is 0 Å². The minimum absolute atomic E-state index is 0.0619. The third-order valence-corrected chi connectivity index (χ3v) is 8.08. The molecule has 4 rings (SSSR count). The zero-order valence-corrected chi connectivity index (χ0v) is 22.5. The van der Waals surface area contributed by atoms with E-state index in [0.29, 0.717) is 17.1 Å². The predicted molar refractivity (Wildman–Crippen MR) is 142 cm³/mol. The summed E-state index contributed by atoms with van der Waals surface area (Å²) in [5.41, 5.74) is 6.42. The Morgan fingerprint density at radius 2 is 1.91 bits per heavy atom. The number of rotatable bonds is 9. The van der Waals surface area contributed by atoms with Crippen LogP contribution in [0.15, 0.2) is 39.6 Å². The Morgan fingerprint density at radius 1 is 1.14 bits per heavy atom. The molecular formula is C22H25ClFIN6O3S. The molecule has 1 saturated heterocycles. The second kappa shape index (κ2) is 11.4. The molecule has 13 heteroatoms. The van der Waals surface area contributed by atoms with E-state index >= 15 is 4.39 Å². The van der Waals surface area contributed by atoms with E-state index in [1.807, 2.05) is 6.07 Å². The number of hydrogen-bond acceptors (Lipinski definition) is 8. The summed E-state index contributed by atoms with van der Waals surface area (Å²) in [6.45, 7) is 3.03. The van der Waals surface area contributed by atoms with Crippen molar-refractivity contribution in [2.75, 3.05) is 37.2 Å². The third-order valence-electron chi connectivity index (χ3n) is 5.62. The Morgan fingerprint density at radius 3 is 2.60 bits per heavy atom. The van der Waals surface area contributed by atoms with Crippen LogP contribution in [0.1, 0.15) is 25.7 Å². The molecular weight excluding hydrogens is 610 g/mol. The molecule has 0 bridgehead atoms. The highest BCUT2D eigenvalue weighted by Crippen LogP contribution is 2.36. The monoisotopic (exact) mass is 634 g/mol. The van der Waals surface area contributed by atoms with Gasteiger partial charge in [0.05, 0.1) is 22.0 Å². The van der Waals surface area contributed by atoms with Gasteiger partial charge in [0.15, 0.2) is 0 Å². The molecule has 0 atom stereocenters. The number of halogens is 3. The van der Waals surface area contributed by atoms with Crippen LogP contribution in [0.3, 0.4) is 0 Å². The molecule has 188 valence electrons. The van der Waals surface area contributed by atoms with Crippen LogP contribution in [-0.2, 0) is 10.0 Å². The van der Waals surface area contributed by atoms with Crippen LogP contribution in [0.25, 0.3) is 11.5 Å². The highest BCUT2D eigenvalue weighted by atomic mass is 127. The Kier molecular flexibility index (Phi) is 8.47. The van der Waals surface area contributed by atoms with Gasteiger partial charge in [0, 0.05) is 10.1 Å². The first-order chi connectivity index (χ1) is 16.7. The van der Waals surface area contributed by atoms with Crippen LogP contribution in [0.2, 0.25) is 5.02 Å². The maximum absolute atomic E-state index is 15.1. The number of nitrogen functional groups attached to an aromatic ring is 1. The van der Waals surface area contributed by atoms with E-state index in [2.05, 4.69) is 47.7 Å². The van der Waals surface area contributed by atoms with Gasteiger partial charge in [0.2, 0.25) is 10.0 Å². The van der Waals surface area contributed by atoms with Gasteiger partial charge in [-0.15, -0.1) is 5.10 Å². The molecule has 9 nitrogen and oxygen atoms in total. The van der Waals surface area contributed by atoms with E-state index < -0.39 is 20.7 Å². The Bertz CT molecular complexity index is 1300. The molecule has 0 amide bonds. The van der Waals surface area contributed by atoms with Gasteiger partial charge in [-0.1, -0.05) is 23.1 Å². The summed E-state index contributed by atoms with van der Waals surface area (Å²) < 4.78 is 49.8. The lowest BCUT2D eigenvalue weighted by atomic mass is 10.1. The molecule has 1 fully saturated rings. The SMILES string of the molecule is Nc1nnc(-c2cc(S(=O)(=O)NCCCN3CCCCC3)c(F)cc2Nc2ccc(I)cc2Cl)o1. The lowest BCUT2D eigenvalue weighted by Crippen LogP contribution is -2.33. The van der Waals surface area contributed by atoms with Gasteiger partial charge in [-0.3, -0.25) is 0 Å². The lowest BCUT2D eigenvalue weighted by Gasteiger charge is -2.26. The Balaban J connectivity index is 1.58. The van der Waals surface area contributed by atoms with Crippen LogP contribution in [-0.4, -0.2) is 49.7 Å². The van der Waals surface area contributed by atoms with Crippen molar-refractivity contribution in [3.8, 4) is 11.5 Å². The summed E-state index contributed by atoms with van der Waals surface area (Å²) in [7, 11) is -4.14. The average Bonchev–Trinajstić information content (AvgIpc) is 3.25. The van der Waals surface area contributed by atoms with E-state index in [0.717, 1.165) is 48.2 Å². The Labute approximate surface area is 221 Å². The first-order valence-electron chi connectivity index (χ1n) is 11.1. The fraction of sp³-hybridized carbons (Fsp3) is 0.364. The molecule has 1 aliphatic rings. The number of sulfonamides is 1. The van der Waals surface area contributed by atoms with Crippen molar-refractivity contribution in [3.63, 3.8) is 0 Å². The molecule has 0 saturated carbocycles. The van der Waals surface area contributed by atoms with Crippen molar-refractivity contribution in [1.82, 2.24) is 19.8 Å². The number of benzene rings is 2. The molecule has 4 N–H and O–H groups in total. The molecule has 0 radical (unpaired) electrons. The van der Waals surface area contributed by atoms with Gasteiger partial charge in [-0.25, -0.2) is 17.5 Å². The first-order valence-corrected chi connectivity index (χ1v) is 14.0. The van der Waals surface area contributed by atoms with Gasteiger partial charge < -0.3 is 20.4 Å². The normalized spacial score (nSPS) is 14.8. The summed E-state index contributed by atoms with van der Waals surface area (Å²) in [5, 5.41) is 10.9. The van der Waals surface area contributed by atoms with Gasteiger partial charge in [-0.05, 0) is 91.8 Å². The second-order valence-corrected chi connectivity index (χ2v) is 11.6. The smallest absolute Gasteiger partial charge is 0.313 e. The summed E-state index contributed by atoms with van der Waals surface area (Å²) in [5.74, 6) is -0.998. The number of nitrogens with one attached hydrogen (secondary N) is 2. The molecule has 1 aliphatic heterocycles. The summed E-state index contributed by atoms with van der Waals surface area (Å²) >= 11 is 8.43. The van der Waals surface area contributed by atoms with Crippen molar-refractivity contribution in [2.45, 2.75) is 30.6 Å². The van der Waals surface area contributed by atoms with Gasteiger partial charge in [0.25, 0.3) is 5.89 Å². The van der Waals surface area contributed by atoms with E-state index in [4.69, 9.17) is 21.8 Å². The van der Waals surface area contributed by atoms with Gasteiger partial charge >= 0.3 is 6.01 Å². The van der Waals surface area contributed by atoms with Gasteiger partial charge in [-0.2, -0.15) is 0 Å². The molecule has 0 unspecified atom stereocenters. The van der Waals surface area contributed by atoms with Crippen LogP contribution < -0.4 is 15.8 Å². The number of anilines is 3. The quantitative estimate of drug-likeness (QED) is 0.230. The van der Waals surface area contributed by atoms with E-state index in [9.17, 15) is 8.42 Å². The number of likely N-dealkylation sites (tertiary alicyclic amines) is 1. The summed E-state index contributed by atoms with van der Waals surface area (Å²) in [4.78, 5) is 1.79. The highest BCUT2D eigenvalue weighted by molar-refractivity contribution is 14.1. The number of nitrogens with zero attached hydrogens (tertiary/aromatic N) is 3. The molecule has 0 aliphatic carbocycles. The maximum Gasteiger partial charge on any atom is 0.313 e. The van der Waals surface area contributed by atoms with Crippen molar-refractivity contribution >= 4 is 61.6 Å². The molecule has 35 heavy (non-hydrogen) atoms. The number of nitrogens with two attached hydrogens (primary N) is 1. The van der Waals surface area contributed by atoms with Crippen LogP contribution in [0, 0.1) is 9.39 Å². The third kappa shape index (κ3) is 6.61. The topological polar surface area (TPSA) is 126 Å². The van der Waals surface area contributed by atoms with E-state index in [1.165, 1.54) is 6.42 Å². The van der Waals surface area contributed by atoms with Crippen LogP contribution >= 0.6 is 34.2 Å². The van der Waals surface area contributed by atoms with E-state index in [1.54, 1.807) is 12.1 Å². The molecule has 0 spiro atoms. The lowest BCUT2D eigenvalue weighted by molar-refractivity contribution is 0.227. The van der Waals surface area contributed by atoms with Crippen LogP contribution in [0.4, 0.5) is 21.8 Å². The predicted octanol–water partition coefficient (Wildman–Crippen LogP) is 4.61.